The van der Waals surface area contributed by atoms with Crippen LogP contribution in [0.3, 0.4) is 0 Å². The van der Waals surface area contributed by atoms with E-state index in [1.807, 2.05) is 0 Å². The number of carbonyl (C=O) groups is 3. The SMILES string of the molecule is O=C(O)C(F)(F)F.O=C(O[C@@H](Cc1c(Cl)c[n+]([O-])cc1Cl)c1ccc(OC(F)F)c(OCC2CC2)c1)c1cccc(CNC(C(=O)O[C@H]2CN3CCC2CC3)c2ccccc2F)c1. The number of hydrogen-bond acceptors (Lipinski definition) is 10. The van der Waals surface area contributed by atoms with Crippen molar-refractivity contribution in [2.45, 2.75) is 69.7 Å². The summed E-state index contributed by atoms with van der Waals surface area (Å²) in [4.78, 5) is 38.7. The average Bonchev–Trinajstić information content (AvgIpc) is 4.07. The summed E-state index contributed by atoms with van der Waals surface area (Å²) in [6.45, 7) is -0.144. The van der Waals surface area contributed by atoms with E-state index < -0.39 is 48.7 Å². The van der Waals surface area contributed by atoms with Gasteiger partial charge in [-0.2, -0.15) is 26.7 Å². The second-order valence-corrected chi connectivity index (χ2v) is 16.0. The van der Waals surface area contributed by atoms with E-state index >= 15 is 4.39 Å². The summed E-state index contributed by atoms with van der Waals surface area (Å²) < 4.78 is 96.5. The van der Waals surface area contributed by atoms with E-state index in [2.05, 4.69) is 10.2 Å². The van der Waals surface area contributed by atoms with Gasteiger partial charge in [0.05, 0.1) is 12.2 Å². The lowest BCUT2D eigenvalue weighted by molar-refractivity contribution is -0.605. The molecule has 1 aromatic heterocycles. The number of fused-ring (bicyclic) bond motifs is 3. The van der Waals surface area contributed by atoms with Crippen LogP contribution in [0.1, 0.15) is 70.4 Å². The van der Waals surface area contributed by atoms with Crippen LogP contribution in [0.25, 0.3) is 0 Å². The fourth-order valence-corrected chi connectivity index (χ4v) is 7.78. The van der Waals surface area contributed by atoms with Crippen LogP contribution in [-0.2, 0) is 32.0 Å². The summed E-state index contributed by atoms with van der Waals surface area (Å²) in [5.74, 6) is -4.22. The number of piperidine rings is 3. The molecule has 4 fully saturated rings. The van der Waals surface area contributed by atoms with Crippen LogP contribution in [0.4, 0.5) is 26.3 Å². The summed E-state index contributed by atoms with van der Waals surface area (Å²) in [7, 11) is 0. The van der Waals surface area contributed by atoms with Gasteiger partial charge in [0.25, 0.3) is 0 Å². The maximum absolute atomic E-state index is 15.1. The number of alkyl halides is 5. The van der Waals surface area contributed by atoms with Crippen molar-refractivity contribution in [2.75, 3.05) is 26.2 Å². The van der Waals surface area contributed by atoms with Crippen molar-refractivity contribution in [3.8, 4) is 11.5 Å². The molecule has 20 heteroatoms. The fourth-order valence-electron chi connectivity index (χ4n) is 7.18. The maximum atomic E-state index is 15.1. The Kier molecular flexibility index (Phi) is 15.7. The highest BCUT2D eigenvalue weighted by Crippen LogP contribution is 2.38. The zero-order chi connectivity index (χ0) is 45.4. The number of pyridine rings is 1. The Bertz CT molecular complexity index is 2240. The van der Waals surface area contributed by atoms with E-state index in [-0.39, 0.29) is 57.7 Å². The molecule has 1 saturated carbocycles. The molecule has 12 nitrogen and oxygen atoms in total. The predicted octanol–water partition coefficient (Wildman–Crippen LogP) is 8.40. The standard InChI is InChI=1S/C41H40Cl2F3N3O7.C2HF3O2/c42-31-20-49(52)21-32(43)30(31)18-35(27-10-11-34(56-41(45)46)36(17-27)53-23-24-8-9-24)54-39(50)28-5-3-4-25(16-28)19-47-38(29-6-1-2-7-33(29)44)40(51)55-37-22-48-14-12-26(37)13-15-48;3-2(4,5)1(6)7/h1-7,10-11,16-17,20-21,24,26,35,37-38,41,47H,8-9,12-15,18-19,22-23H2;(H,6,7)/t35-,37-,38?;/m0./s1. The Labute approximate surface area is 367 Å². The number of halogens is 8. The molecule has 2 bridgehead atoms. The van der Waals surface area contributed by atoms with Gasteiger partial charge in [-0.25, -0.2) is 18.8 Å². The van der Waals surface area contributed by atoms with Gasteiger partial charge in [-0.15, -0.1) is 0 Å². The van der Waals surface area contributed by atoms with Crippen molar-refractivity contribution >= 4 is 41.1 Å². The Balaban J connectivity index is 0.000000871. The molecule has 3 atom stereocenters. The fraction of sp³-hybridized carbons (Fsp3) is 0.395. The van der Waals surface area contributed by atoms with Gasteiger partial charge in [-0.1, -0.05) is 59.6 Å². The van der Waals surface area contributed by atoms with E-state index in [1.54, 1.807) is 36.4 Å². The molecule has 4 aromatic rings. The third-order valence-corrected chi connectivity index (χ3v) is 11.3. The van der Waals surface area contributed by atoms with Crippen molar-refractivity contribution in [1.29, 1.82) is 0 Å². The van der Waals surface area contributed by atoms with E-state index in [9.17, 15) is 36.7 Å². The first-order chi connectivity index (χ1) is 29.9. The molecular weight excluding hydrogens is 887 g/mol. The molecule has 63 heavy (non-hydrogen) atoms. The Morgan fingerprint density at radius 2 is 1.62 bits per heavy atom. The largest absolute Gasteiger partial charge is 0.619 e. The number of nitrogens with zero attached hydrogens (tertiary/aromatic N) is 2. The Morgan fingerprint density at radius 1 is 0.937 bits per heavy atom. The molecule has 1 unspecified atom stereocenters. The van der Waals surface area contributed by atoms with Gasteiger partial charge in [0, 0.05) is 30.6 Å². The first-order valence-corrected chi connectivity index (χ1v) is 20.5. The zero-order valence-corrected chi connectivity index (χ0v) is 34.7. The molecule has 0 radical (unpaired) electrons. The monoisotopic (exact) mass is 927 g/mol. The molecule has 4 heterocycles. The van der Waals surface area contributed by atoms with E-state index in [4.69, 9.17) is 52.1 Å². The van der Waals surface area contributed by atoms with Crippen LogP contribution < -0.4 is 19.5 Å². The zero-order valence-electron chi connectivity index (χ0n) is 33.2. The molecule has 3 saturated heterocycles. The topological polar surface area (TPSA) is 151 Å². The minimum atomic E-state index is -5.08. The Morgan fingerprint density at radius 3 is 2.22 bits per heavy atom. The maximum Gasteiger partial charge on any atom is 0.490 e. The van der Waals surface area contributed by atoms with E-state index in [1.165, 1.54) is 30.3 Å². The third-order valence-electron chi connectivity index (χ3n) is 10.7. The van der Waals surface area contributed by atoms with Crippen molar-refractivity contribution in [1.82, 2.24) is 10.2 Å². The number of ether oxygens (including phenoxy) is 4. The molecule has 4 aliphatic rings. The van der Waals surface area contributed by atoms with Gasteiger partial charge in [0.15, 0.2) is 23.9 Å². The number of esters is 2. The molecule has 338 valence electrons. The molecule has 3 aliphatic heterocycles. The van der Waals surface area contributed by atoms with Crippen molar-refractivity contribution in [2.24, 2.45) is 11.8 Å². The quantitative estimate of drug-likeness (QED) is 0.0483. The Hall–Kier alpha value is -5.30. The lowest BCUT2D eigenvalue weighted by atomic mass is 9.86. The third kappa shape index (κ3) is 13.1. The van der Waals surface area contributed by atoms with Crippen LogP contribution in [0.5, 0.6) is 11.5 Å². The number of carboxylic acids is 1. The van der Waals surface area contributed by atoms with Crippen LogP contribution in [0.15, 0.2) is 79.1 Å². The van der Waals surface area contributed by atoms with Gasteiger partial charge in [0.1, 0.15) is 34.1 Å². The second-order valence-electron chi connectivity index (χ2n) is 15.2. The lowest BCUT2D eigenvalue weighted by Gasteiger charge is -2.44. The van der Waals surface area contributed by atoms with Crippen LogP contribution in [-0.4, -0.2) is 73.0 Å². The van der Waals surface area contributed by atoms with Crippen LogP contribution in [0, 0.1) is 22.9 Å². The molecule has 1 aliphatic carbocycles. The number of aliphatic carboxylic acids is 1. The smallest absolute Gasteiger partial charge is 0.490 e. The molecule has 8 rings (SSSR count). The summed E-state index contributed by atoms with van der Waals surface area (Å²) >= 11 is 12.8. The summed E-state index contributed by atoms with van der Waals surface area (Å²) in [6.07, 6.45) is -0.505. The van der Waals surface area contributed by atoms with Gasteiger partial charge >= 0.3 is 30.7 Å². The molecule has 0 spiro atoms. The molecule has 2 N–H and O–H groups in total. The van der Waals surface area contributed by atoms with Crippen LogP contribution >= 0.6 is 23.2 Å². The van der Waals surface area contributed by atoms with E-state index in [0.717, 1.165) is 51.2 Å². The highest BCUT2D eigenvalue weighted by Gasteiger charge is 2.39. The van der Waals surface area contributed by atoms with Gasteiger partial charge in [0.2, 0.25) is 0 Å². The second kappa shape index (κ2) is 20.9. The number of aromatic nitrogens is 1. The molecule has 3 aromatic carbocycles. The number of carboxylic acid groups (broad SMARTS) is 1. The minimum Gasteiger partial charge on any atom is -0.619 e. The molecular formula is C43H41Cl2F6N3O9. The predicted molar refractivity (Wildman–Crippen MR) is 214 cm³/mol. The van der Waals surface area contributed by atoms with Crippen molar-refractivity contribution in [3.63, 3.8) is 0 Å². The average molecular weight is 929 g/mol. The lowest BCUT2D eigenvalue weighted by Crippen LogP contribution is -2.52. The highest BCUT2D eigenvalue weighted by atomic mass is 35.5. The normalized spacial score (nSPS) is 19.0. The van der Waals surface area contributed by atoms with Gasteiger partial charge < -0.3 is 29.3 Å². The summed E-state index contributed by atoms with van der Waals surface area (Å²) in [5.41, 5.74) is 1.56. The van der Waals surface area contributed by atoms with Crippen LogP contribution in [0.2, 0.25) is 10.0 Å². The van der Waals surface area contributed by atoms with Gasteiger partial charge in [-0.3, -0.25) is 10.2 Å². The first kappa shape index (κ1) is 47.2. The highest BCUT2D eigenvalue weighted by molar-refractivity contribution is 6.35. The van der Waals surface area contributed by atoms with Gasteiger partial charge in [-0.05, 0) is 92.1 Å². The number of benzene rings is 3. The first-order valence-electron chi connectivity index (χ1n) is 19.7. The number of carbonyl (C=O) groups excluding carboxylic acids is 2. The number of nitrogens with one attached hydrogen (secondary N) is 1. The summed E-state index contributed by atoms with van der Waals surface area (Å²) in [6, 6.07) is 15.7. The number of hydrogen-bond donors (Lipinski definition) is 2. The minimum absolute atomic E-state index is 0.0286. The summed E-state index contributed by atoms with van der Waals surface area (Å²) in [5, 5.41) is 22.3. The van der Waals surface area contributed by atoms with Crippen molar-refractivity contribution in [3.05, 3.63) is 128 Å². The van der Waals surface area contributed by atoms with E-state index in [0.29, 0.717) is 40.5 Å². The van der Waals surface area contributed by atoms with Crippen molar-refractivity contribution < 1.29 is 69.5 Å². The number of rotatable bonds is 16. The molecule has 0 amide bonds.